The van der Waals surface area contributed by atoms with Gasteiger partial charge in [-0.05, 0) is 35.9 Å². The van der Waals surface area contributed by atoms with Gasteiger partial charge in [0.2, 0.25) is 5.91 Å². The third-order valence-corrected chi connectivity index (χ3v) is 2.92. The Labute approximate surface area is 123 Å². The van der Waals surface area contributed by atoms with Crippen LogP contribution in [0.25, 0.3) is 0 Å². The maximum Gasteiger partial charge on any atom is 0.226 e. The van der Waals surface area contributed by atoms with E-state index in [1.54, 1.807) is 18.2 Å². The Morgan fingerprint density at radius 3 is 2.48 bits per heavy atom. The van der Waals surface area contributed by atoms with Gasteiger partial charge in [-0.25, -0.2) is 0 Å². The van der Waals surface area contributed by atoms with E-state index < -0.39 is 0 Å². The Bertz CT molecular complexity index is 597. The first-order chi connectivity index (χ1) is 10.2. The molecule has 110 valence electrons. The van der Waals surface area contributed by atoms with E-state index in [-0.39, 0.29) is 24.7 Å². The number of hydrogen-bond donors (Lipinski definition) is 4. The summed E-state index contributed by atoms with van der Waals surface area (Å²) in [7, 11) is 0. The molecule has 0 saturated heterocycles. The fourth-order valence-corrected chi connectivity index (χ4v) is 1.85. The molecule has 2 aromatic carbocycles. The van der Waals surface area contributed by atoms with Gasteiger partial charge in [0.1, 0.15) is 5.75 Å². The number of nitrogens with one attached hydrogen (secondary N) is 2. The van der Waals surface area contributed by atoms with Crippen LogP contribution in [0.1, 0.15) is 12.0 Å². The number of carbonyl (C=O) groups is 1. The predicted octanol–water partition coefficient (Wildman–Crippen LogP) is 2.33. The van der Waals surface area contributed by atoms with Gasteiger partial charge >= 0.3 is 0 Å². The van der Waals surface area contributed by atoms with Gasteiger partial charge in [0.05, 0.1) is 13.0 Å². The van der Waals surface area contributed by atoms with Gasteiger partial charge in [-0.15, -0.1) is 0 Å². The molecule has 0 aliphatic heterocycles. The summed E-state index contributed by atoms with van der Waals surface area (Å²) in [6.45, 7) is 0.457. The largest absolute Gasteiger partial charge is 0.508 e. The van der Waals surface area contributed by atoms with Gasteiger partial charge in [0.15, 0.2) is 0 Å². The first-order valence-electron chi connectivity index (χ1n) is 6.70. The number of aliphatic hydroxyl groups is 1. The molecule has 0 saturated carbocycles. The van der Waals surface area contributed by atoms with Crippen LogP contribution in [0, 0.1) is 0 Å². The number of carbonyl (C=O) groups excluding carboxylic acids is 1. The molecule has 0 radical (unpaired) electrons. The summed E-state index contributed by atoms with van der Waals surface area (Å²) >= 11 is 0. The second kappa shape index (κ2) is 7.31. The normalized spacial score (nSPS) is 10.1. The zero-order valence-corrected chi connectivity index (χ0v) is 11.5. The highest BCUT2D eigenvalue weighted by atomic mass is 16.3. The van der Waals surface area contributed by atoms with Gasteiger partial charge in [-0.2, -0.15) is 0 Å². The SMILES string of the molecule is O=C(CCO)Nc1cccc(NCc2ccc(O)cc2)c1. The molecule has 21 heavy (non-hydrogen) atoms. The average molecular weight is 286 g/mol. The molecule has 0 heterocycles. The van der Waals surface area contributed by atoms with Crippen LogP contribution < -0.4 is 10.6 Å². The molecule has 1 amide bonds. The smallest absolute Gasteiger partial charge is 0.226 e. The molecule has 0 atom stereocenters. The summed E-state index contributed by atoms with van der Waals surface area (Å²) in [5, 5.41) is 23.9. The molecule has 4 N–H and O–H groups in total. The lowest BCUT2D eigenvalue weighted by Crippen LogP contribution is -2.12. The van der Waals surface area contributed by atoms with E-state index in [0.29, 0.717) is 12.2 Å². The van der Waals surface area contributed by atoms with Crippen LogP contribution in [0.5, 0.6) is 5.75 Å². The maximum atomic E-state index is 11.4. The van der Waals surface area contributed by atoms with Gasteiger partial charge in [0.25, 0.3) is 0 Å². The topological polar surface area (TPSA) is 81.6 Å². The third-order valence-electron chi connectivity index (χ3n) is 2.92. The van der Waals surface area contributed by atoms with Crippen LogP contribution in [-0.4, -0.2) is 22.7 Å². The lowest BCUT2D eigenvalue weighted by Gasteiger charge is -2.09. The maximum absolute atomic E-state index is 11.4. The van der Waals surface area contributed by atoms with E-state index in [2.05, 4.69) is 10.6 Å². The minimum absolute atomic E-state index is 0.0885. The lowest BCUT2D eigenvalue weighted by atomic mass is 10.2. The van der Waals surface area contributed by atoms with Crippen molar-refractivity contribution >= 4 is 17.3 Å². The summed E-state index contributed by atoms with van der Waals surface area (Å²) in [6, 6.07) is 14.3. The zero-order chi connectivity index (χ0) is 15.1. The highest BCUT2D eigenvalue weighted by Crippen LogP contribution is 2.17. The fourth-order valence-electron chi connectivity index (χ4n) is 1.85. The number of aromatic hydroxyl groups is 1. The number of phenolic OH excluding ortho intramolecular Hbond substituents is 1. The molecule has 0 unspecified atom stereocenters. The molecular formula is C16H18N2O3. The lowest BCUT2D eigenvalue weighted by molar-refractivity contribution is -0.116. The summed E-state index contributed by atoms with van der Waals surface area (Å²) in [4.78, 5) is 11.4. The number of aliphatic hydroxyl groups excluding tert-OH is 1. The van der Waals surface area contributed by atoms with Gasteiger partial charge < -0.3 is 20.8 Å². The Balaban J connectivity index is 1.94. The van der Waals surface area contributed by atoms with Crippen molar-refractivity contribution in [2.24, 2.45) is 0 Å². The quantitative estimate of drug-likeness (QED) is 0.657. The molecule has 5 nitrogen and oxygen atoms in total. The number of rotatable bonds is 6. The highest BCUT2D eigenvalue weighted by Gasteiger charge is 2.02. The van der Waals surface area contributed by atoms with E-state index in [0.717, 1.165) is 11.3 Å². The Kier molecular flexibility index (Phi) is 5.17. The van der Waals surface area contributed by atoms with Crippen molar-refractivity contribution in [1.29, 1.82) is 0 Å². The third kappa shape index (κ3) is 4.81. The number of anilines is 2. The number of phenols is 1. The monoisotopic (exact) mass is 286 g/mol. The van der Waals surface area contributed by atoms with Crippen LogP contribution >= 0.6 is 0 Å². The van der Waals surface area contributed by atoms with Crippen molar-refractivity contribution in [2.75, 3.05) is 17.2 Å². The molecule has 0 bridgehead atoms. The molecule has 0 aliphatic rings. The molecule has 2 rings (SSSR count). The molecule has 0 fully saturated rings. The molecular weight excluding hydrogens is 268 g/mol. The molecule has 2 aromatic rings. The Morgan fingerprint density at radius 2 is 1.76 bits per heavy atom. The second-order valence-electron chi connectivity index (χ2n) is 4.62. The van der Waals surface area contributed by atoms with Crippen molar-refractivity contribution < 1.29 is 15.0 Å². The first kappa shape index (κ1) is 14.9. The van der Waals surface area contributed by atoms with Gasteiger partial charge in [-0.3, -0.25) is 4.79 Å². The van der Waals surface area contributed by atoms with Crippen molar-refractivity contribution in [3.63, 3.8) is 0 Å². The van der Waals surface area contributed by atoms with E-state index >= 15 is 0 Å². The molecule has 0 spiro atoms. The van der Waals surface area contributed by atoms with Crippen LogP contribution in [-0.2, 0) is 11.3 Å². The fraction of sp³-hybridized carbons (Fsp3) is 0.188. The number of benzene rings is 2. The van der Waals surface area contributed by atoms with Crippen molar-refractivity contribution in [3.05, 3.63) is 54.1 Å². The summed E-state index contributed by atoms with van der Waals surface area (Å²) < 4.78 is 0. The minimum atomic E-state index is -0.215. The van der Waals surface area contributed by atoms with Gasteiger partial charge in [0, 0.05) is 17.9 Å². The Hall–Kier alpha value is -2.53. The number of amides is 1. The van der Waals surface area contributed by atoms with Crippen LogP contribution in [0.15, 0.2) is 48.5 Å². The van der Waals surface area contributed by atoms with Crippen molar-refractivity contribution in [3.8, 4) is 5.75 Å². The van der Waals surface area contributed by atoms with Crippen molar-refractivity contribution in [2.45, 2.75) is 13.0 Å². The van der Waals surface area contributed by atoms with E-state index in [9.17, 15) is 9.90 Å². The van der Waals surface area contributed by atoms with Crippen LogP contribution in [0.2, 0.25) is 0 Å². The predicted molar refractivity (Wildman–Crippen MR) is 82.2 cm³/mol. The molecule has 0 aromatic heterocycles. The summed E-state index contributed by atoms with van der Waals surface area (Å²) in [5.74, 6) is 0.0283. The van der Waals surface area contributed by atoms with Crippen LogP contribution in [0.3, 0.4) is 0 Å². The standard InChI is InChI=1S/C16H18N2O3/c19-9-8-16(21)18-14-3-1-2-13(10-14)17-11-12-4-6-15(20)7-5-12/h1-7,10,17,19-20H,8-9,11H2,(H,18,21). The van der Waals surface area contributed by atoms with E-state index in [1.165, 1.54) is 0 Å². The summed E-state index contributed by atoms with van der Waals surface area (Å²) in [6.07, 6.45) is 0.0885. The first-order valence-corrected chi connectivity index (χ1v) is 6.70. The molecule has 5 heteroatoms. The highest BCUT2D eigenvalue weighted by molar-refractivity contribution is 5.91. The summed E-state index contributed by atoms with van der Waals surface area (Å²) in [5.41, 5.74) is 2.61. The molecule has 0 aliphatic carbocycles. The van der Waals surface area contributed by atoms with Crippen molar-refractivity contribution in [1.82, 2.24) is 0 Å². The minimum Gasteiger partial charge on any atom is -0.508 e. The van der Waals surface area contributed by atoms with E-state index in [1.807, 2.05) is 30.3 Å². The second-order valence-corrected chi connectivity index (χ2v) is 4.62. The average Bonchev–Trinajstić information content (AvgIpc) is 2.47. The zero-order valence-electron chi connectivity index (χ0n) is 11.5. The van der Waals surface area contributed by atoms with Gasteiger partial charge in [-0.1, -0.05) is 18.2 Å². The number of hydrogen-bond acceptors (Lipinski definition) is 4. The van der Waals surface area contributed by atoms with E-state index in [4.69, 9.17) is 5.11 Å². The van der Waals surface area contributed by atoms with Crippen LogP contribution in [0.4, 0.5) is 11.4 Å². The Morgan fingerprint density at radius 1 is 1.05 bits per heavy atom.